The van der Waals surface area contributed by atoms with Gasteiger partial charge in [-0.05, 0) is 54.3 Å². The zero-order valence-corrected chi connectivity index (χ0v) is 22.7. The Kier molecular flexibility index (Phi) is 7.40. The first-order valence-corrected chi connectivity index (χ1v) is 14.0. The number of fused-ring (bicyclic) bond motifs is 1. The summed E-state index contributed by atoms with van der Waals surface area (Å²) < 4.78 is 27.8. The Hall–Kier alpha value is -3.24. The molecule has 2 aromatic heterocycles. The van der Waals surface area contributed by atoms with Crippen molar-refractivity contribution in [3.63, 3.8) is 0 Å². The van der Waals surface area contributed by atoms with E-state index in [0.717, 1.165) is 54.3 Å². The fourth-order valence-electron chi connectivity index (χ4n) is 4.91. The minimum atomic E-state index is -0.925. The summed E-state index contributed by atoms with van der Waals surface area (Å²) in [4.78, 5) is 19.8. The average molecular weight is 568 g/mol. The van der Waals surface area contributed by atoms with Crippen molar-refractivity contribution < 1.29 is 23.8 Å². The van der Waals surface area contributed by atoms with Gasteiger partial charge >= 0.3 is 5.97 Å². The first-order chi connectivity index (χ1) is 18.9. The molecule has 4 aromatic rings. The SMILES string of the molecule is O=C(O)c1cc2nc(CN3CC=C(c4cccc(OCc5ccc(Cl)cc5F)c4)CC3)n(C[C@@H]3CCO3)c2s1. The summed E-state index contributed by atoms with van der Waals surface area (Å²) in [5, 5.41) is 9.77. The molecule has 4 heterocycles. The number of aromatic nitrogens is 2. The predicted octanol–water partition coefficient (Wildman–Crippen LogP) is 6.25. The molecule has 0 aliphatic carbocycles. The number of halogens is 2. The highest BCUT2D eigenvalue weighted by Gasteiger charge is 2.25. The molecule has 1 N–H and O–H groups in total. The Balaban J connectivity index is 1.13. The van der Waals surface area contributed by atoms with Crippen LogP contribution in [0, 0.1) is 5.82 Å². The molecule has 39 heavy (non-hydrogen) atoms. The van der Waals surface area contributed by atoms with Crippen molar-refractivity contribution in [2.45, 2.75) is 38.6 Å². The topological polar surface area (TPSA) is 76.8 Å². The van der Waals surface area contributed by atoms with Crippen LogP contribution in [0.4, 0.5) is 4.39 Å². The first-order valence-electron chi connectivity index (χ1n) is 12.9. The van der Waals surface area contributed by atoms with Crippen LogP contribution in [0.2, 0.25) is 5.02 Å². The summed E-state index contributed by atoms with van der Waals surface area (Å²) in [5.74, 6) is 0.319. The highest BCUT2D eigenvalue weighted by molar-refractivity contribution is 7.20. The van der Waals surface area contributed by atoms with E-state index in [1.54, 1.807) is 18.2 Å². The van der Waals surface area contributed by atoms with Gasteiger partial charge in [0.2, 0.25) is 0 Å². The number of carboxylic acid groups (broad SMARTS) is 1. The van der Waals surface area contributed by atoms with Crippen molar-refractivity contribution in [1.29, 1.82) is 0 Å². The second-order valence-corrected chi connectivity index (χ2v) is 11.3. The van der Waals surface area contributed by atoms with Crippen molar-refractivity contribution in [2.75, 3.05) is 19.7 Å². The number of imidazole rings is 1. The van der Waals surface area contributed by atoms with E-state index in [0.29, 0.717) is 34.3 Å². The number of hydrogen-bond acceptors (Lipinski definition) is 6. The molecule has 10 heteroatoms. The van der Waals surface area contributed by atoms with Gasteiger partial charge in [0.25, 0.3) is 0 Å². The Morgan fingerprint density at radius 1 is 1.26 bits per heavy atom. The molecule has 0 unspecified atom stereocenters. The molecule has 0 bridgehead atoms. The number of carboxylic acids is 1. The highest BCUT2D eigenvalue weighted by Crippen LogP contribution is 2.31. The number of ether oxygens (including phenoxy) is 2. The number of carbonyl (C=O) groups is 1. The largest absolute Gasteiger partial charge is 0.489 e. The van der Waals surface area contributed by atoms with Crippen molar-refractivity contribution >= 4 is 44.8 Å². The van der Waals surface area contributed by atoms with Crippen molar-refractivity contribution in [2.24, 2.45) is 0 Å². The van der Waals surface area contributed by atoms with E-state index < -0.39 is 5.97 Å². The Labute approximate surface area is 234 Å². The van der Waals surface area contributed by atoms with Crippen LogP contribution in [0.5, 0.6) is 5.75 Å². The summed E-state index contributed by atoms with van der Waals surface area (Å²) >= 11 is 7.11. The lowest BCUT2D eigenvalue weighted by atomic mass is 9.99. The molecule has 0 amide bonds. The number of thiophene rings is 1. The average Bonchev–Trinajstić information content (AvgIpc) is 3.45. The van der Waals surface area contributed by atoms with Crippen molar-refractivity contribution in [3.05, 3.63) is 87.3 Å². The fourth-order valence-corrected chi connectivity index (χ4v) is 6.04. The third-order valence-electron chi connectivity index (χ3n) is 7.16. The molecule has 2 aromatic carbocycles. The quantitative estimate of drug-likeness (QED) is 0.258. The molecule has 1 fully saturated rings. The zero-order chi connectivity index (χ0) is 26.9. The van der Waals surface area contributed by atoms with E-state index in [1.807, 2.05) is 18.2 Å². The Morgan fingerprint density at radius 2 is 2.13 bits per heavy atom. The normalized spacial score (nSPS) is 17.7. The maximum atomic E-state index is 14.1. The molecule has 0 radical (unpaired) electrons. The third-order valence-corrected chi connectivity index (χ3v) is 8.53. The van der Waals surface area contributed by atoms with Crippen LogP contribution in [0.25, 0.3) is 15.9 Å². The van der Waals surface area contributed by atoms with Gasteiger partial charge in [0, 0.05) is 30.3 Å². The minimum absolute atomic E-state index is 0.128. The van der Waals surface area contributed by atoms with Gasteiger partial charge in [-0.15, -0.1) is 11.3 Å². The van der Waals surface area contributed by atoms with E-state index in [1.165, 1.54) is 23.0 Å². The molecule has 2 aliphatic heterocycles. The molecule has 6 rings (SSSR count). The van der Waals surface area contributed by atoms with Crippen LogP contribution in [-0.4, -0.2) is 51.3 Å². The van der Waals surface area contributed by atoms with E-state index in [-0.39, 0.29) is 18.5 Å². The number of nitrogens with zero attached hydrogens (tertiary/aromatic N) is 3. The molecule has 0 saturated carbocycles. The number of benzene rings is 2. The van der Waals surface area contributed by atoms with Crippen LogP contribution >= 0.6 is 22.9 Å². The molecule has 2 aliphatic rings. The number of hydrogen-bond donors (Lipinski definition) is 1. The van der Waals surface area contributed by atoms with Gasteiger partial charge < -0.3 is 19.1 Å². The standard InChI is InChI=1S/C29H27ClFN3O4S/c30-21-5-4-20(24(31)13-21)17-38-22-3-1-2-19(12-22)18-6-9-33(10-7-18)16-27-32-25-14-26(29(35)36)39-28(25)34(27)15-23-8-11-37-23/h1-6,12-14,23H,7-11,15-17H2,(H,35,36)/t23-/m0/s1. The van der Waals surface area contributed by atoms with E-state index in [9.17, 15) is 14.3 Å². The van der Waals surface area contributed by atoms with Gasteiger partial charge in [0.05, 0.1) is 19.2 Å². The maximum Gasteiger partial charge on any atom is 0.346 e. The monoisotopic (exact) mass is 567 g/mol. The number of rotatable bonds is 9. The van der Waals surface area contributed by atoms with Crippen LogP contribution in [0.3, 0.4) is 0 Å². The summed E-state index contributed by atoms with van der Waals surface area (Å²) in [5.41, 5.74) is 3.52. The second kappa shape index (κ2) is 11.1. The molecule has 202 valence electrons. The molecule has 0 spiro atoms. The summed E-state index contributed by atoms with van der Waals surface area (Å²) in [7, 11) is 0. The zero-order valence-electron chi connectivity index (χ0n) is 21.1. The number of aromatic carboxylic acids is 1. The summed E-state index contributed by atoms with van der Waals surface area (Å²) in [6.07, 6.45) is 4.26. The van der Waals surface area contributed by atoms with Gasteiger partial charge in [-0.3, -0.25) is 4.90 Å². The van der Waals surface area contributed by atoms with E-state index in [2.05, 4.69) is 21.6 Å². The third kappa shape index (κ3) is 5.72. The lowest BCUT2D eigenvalue weighted by Gasteiger charge is -2.29. The molecular formula is C29H27ClFN3O4S. The molecular weight excluding hydrogens is 541 g/mol. The molecule has 1 saturated heterocycles. The minimum Gasteiger partial charge on any atom is -0.489 e. The van der Waals surface area contributed by atoms with Gasteiger partial charge in [-0.2, -0.15) is 0 Å². The lowest BCUT2D eigenvalue weighted by molar-refractivity contribution is -0.0591. The van der Waals surface area contributed by atoms with Crippen LogP contribution < -0.4 is 4.74 Å². The van der Waals surface area contributed by atoms with Gasteiger partial charge in [-0.1, -0.05) is 35.9 Å². The van der Waals surface area contributed by atoms with E-state index in [4.69, 9.17) is 26.1 Å². The Morgan fingerprint density at radius 3 is 2.85 bits per heavy atom. The molecule has 7 nitrogen and oxygen atoms in total. The summed E-state index contributed by atoms with van der Waals surface area (Å²) in [6, 6.07) is 14.1. The summed E-state index contributed by atoms with van der Waals surface area (Å²) in [6.45, 7) is 3.91. The smallest absolute Gasteiger partial charge is 0.346 e. The van der Waals surface area contributed by atoms with Crippen molar-refractivity contribution in [1.82, 2.24) is 14.5 Å². The van der Waals surface area contributed by atoms with Gasteiger partial charge in [0.15, 0.2) is 0 Å². The maximum absolute atomic E-state index is 14.1. The first kappa shape index (κ1) is 26.0. The van der Waals surface area contributed by atoms with Gasteiger partial charge in [-0.25, -0.2) is 14.2 Å². The molecule has 1 atom stereocenters. The Bertz CT molecular complexity index is 1560. The predicted molar refractivity (Wildman–Crippen MR) is 149 cm³/mol. The van der Waals surface area contributed by atoms with Gasteiger partial charge in [0.1, 0.15) is 39.2 Å². The fraction of sp³-hybridized carbons (Fsp3) is 0.310. The van der Waals surface area contributed by atoms with Crippen LogP contribution in [0.15, 0.2) is 54.6 Å². The van der Waals surface area contributed by atoms with Crippen molar-refractivity contribution in [3.8, 4) is 5.75 Å². The van der Waals surface area contributed by atoms with Crippen LogP contribution in [-0.2, 0) is 24.4 Å². The van der Waals surface area contributed by atoms with Crippen LogP contribution in [0.1, 0.15) is 39.5 Å². The van der Waals surface area contributed by atoms with E-state index >= 15 is 0 Å². The lowest BCUT2D eigenvalue weighted by Crippen LogP contribution is -2.33. The highest BCUT2D eigenvalue weighted by atomic mass is 35.5. The second-order valence-electron chi connectivity index (χ2n) is 9.79.